The summed E-state index contributed by atoms with van der Waals surface area (Å²) in [4.78, 5) is 25.1. The van der Waals surface area contributed by atoms with Gasteiger partial charge in [0.15, 0.2) is 17.2 Å². The van der Waals surface area contributed by atoms with Crippen molar-refractivity contribution >= 4 is 16.9 Å². The molecule has 128 valence electrons. The third-order valence-corrected chi connectivity index (χ3v) is 5.12. The Bertz CT molecular complexity index is 896. The van der Waals surface area contributed by atoms with E-state index in [2.05, 4.69) is 33.7 Å². The molecule has 4 rings (SSSR count). The molecule has 1 fully saturated rings. The molecule has 2 unspecified atom stereocenters. The summed E-state index contributed by atoms with van der Waals surface area (Å²) in [5, 5.41) is 0.486. The van der Waals surface area contributed by atoms with Crippen molar-refractivity contribution in [3.63, 3.8) is 0 Å². The number of anilines is 1. The normalized spacial score (nSPS) is 23.8. The van der Waals surface area contributed by atoms with Gasteiger partial charge in [0.2, 0.25) is 0 Å². The second-order valence-corrected chi connectivity index (χ2v) is 6.72. The molecule has 8 heteroatoms. The number of nitrogens with zero attached hydrogens (tertiary/aromatic N) is 5. The van der Waals surface area contributed by atoms with Crippen molar-refractivity contribution in [2.75, 3.05) is 31.6 Å². The fourth-order valence-electron chi connectivity index (χ4n) is 3.50. The average molecular weight is 333 g/mol. The predicted octanol–water partition coefficient (Wildman–Crippen LogP) is 0.677. The molecule has 24 heavy (non-hydrogen) atoms. The van der Waals surface area contributed by atoms with Crippen LogP contribution in [0.15, 0.2) is 4.79 Å². The van der Waals surface area contributed by atoms with Crippen LogP contribution in [0, 0.1) is 12.7 Å². The van der Waals surface area contributed by atoms with E-state index >= 15 is 0 Å². The molecule has 0 saturated carbocycles. The topological polar surface area (TPSA) is 63.5 Å². The van der Waals surface area contributed by atoms with E-state index in [0.29, 0.717) is 36.0 Å². The van der Waals surface area contributed by atoms with Crippen LogP contribution in [0.2, 0.25) is 0 Å². The number of likely N-dealkylation sites (N-methyl/N-ethyl adjacent to an activating group) is 1. The van der Waals surface area contributed by atoms with E-state index in [1.54, 1.807) is 14.0 Å². The first-order chi connectivity index (χ1) is 11.4. The summed E-state index contributed by atoms with van der Waals surface area (Å²) in [5.41, 5.74) is 0.232. The third kappa shape index (κ3) is 2.02. The van der Waals surface area contributed by atoms with Gasteiger partial charge < -0.3 is 9.64 Å². The molecule has 0 bridgehead atoms. The number of ether oxygens (including phenoxy) is 1. The monoisotopic (exact) mass is 333 g/mol. The van der Waals surface area contributed by atoms with Crippen molar-refractivity contribution < 1.29 is 9.13 Å². The Morgan fingerprint density at radius 3 is 2.75 bits per heavy atom. The van der Waals surface area contributed by atoms with Gasteiger partial charge in [0.1, 0.15) is 17.8 Å². The van der Waals surface area contributed by atoms with E-state index in [-0.39, 0.29) is 17.5 Å². The number of halogens is 1. The molecule has 0 N–H and O–H groups in total. The van der Waals surface area contributed by atoms with Gasteiger partial charge in [-0.1, -0.05) is 0 Å². The molecule has 2 atom stereocenters. The van der Waals surface area contributed by atoms with Gasteiger partial charge in [-0.15, -0.1) is 0 Å². The van der Waals surface area contributed by atoms with Crippen LogP contribution in [-0.2, 0) is 7.05 Å². The highest BCUT2D eigenvalue weighted by Crippen LogP contribution is 2.38. The maximum atomic E-state index is 14.7. The molecule has 2 aromatic rings. The van der Waals surface area contributed by atoms with Gasteiger partial charge in [0.05, 0.1) is 11.7 Å². The zero-order chi connectivity index (χ0) is 17.2. The highest BCUT2D eigenvalue weighted by Gasteiger charge is 2.36. The van der Waals surface area contributed by atoms with Crippen LogP contribution in [0.4, 0.5) is 10.2 Å². The van der Waals surface area contributed by atoms with E-state index in [4.69, 9.17) is 4.74 Å². The Balaban J connectivity index is 2.05. The van der Waals surface area contributed by atoms with Crippen LogP contribution in [0.5, 0.6) is 5.75 Å². The van der Waals surface area contributed by atoms with Crippen molar-refractivity contribution in [3.8, 4) is 5.75 Å². The van der Waals surface area contributed by atoms with Crippen LogP contribution >= 0.6 is 0 Å². The Hall–Kier alpha value is -2.22. The minimum absolute atomic E-state index is 0.0149. The van der Waals surface area contributed by atoms with E-state index < -0.39 is 11.5 Å². The number of hydrogen-bond donors (Lipinski definition) is 0. The van der Waals surface area contributed by atoms with Gasteiger partial charge in [-0.25, -0.2) is 14.2 Å². The summed E-state index contributed by atoms with van der Waals surface area (Å²) in [6, 6.07) is 0.313. The molecule has 7 nitrogen and oxygen atoms in total. The highest BCUT2D eigenvalue weighted by molar-refractivity contribution is 5.94. The summed E-state index contributed by atoms with van der Waals surface area (Å²) in [7, 11) is 3.65. The average Bonchev–Trinajstić information content (AvgIpc) is 2.68. The summed E-state index contributed by atoms with van der Waals surface area (Å²) in [6.07, 6.45) is 0. The quantitative estimate of drug-likeness (QED) is 0.706. The lowest BCUT2D eigenvalue weighted by Crippen LogP contribution is -2.58. The standard InChI is InChI=1S/C16H20FN5O2/c1-8-5-22-10(6-20(8)3)7-24-13-11-14(18-9(2)12(13)17)21(4)16(23)19-15(11)22/h8,10H,5-7H2,1-4H3. The Morgan fingerprint density at radius 1 is 1.25 bits per heavy atom. The lowest BCUT2D eigenvalue weighted by molar-refractivity contribution is 0.164. The summed E-state index contributed by atoms with van der Waals surface area (Å²) >= 11 is 0. The van der Waals surface area contributed by atoms with E-state index in [1.807, 2.05) is 0 Å². The smallest absolute Gasteiger partial charge is 0.350 e. The van der Waals surface area contributed by atoms with Crippen molar-refractivity contribution in [1.29, 1.82) is 0 Å². The first-order valence-electron chi connectivity index (χ1n) is 8.05. The number of fused-ring (bicyclic) bond motifs is 2. The number of aryl methyl sites for hydroxylation is 2. The molecule has 2 aromatic heterocycles. The molecule has 0 radical (unpaired) electrons. The molecule has 0 aliphatic carbocycles. The summed E-state index contributed by atoms with van der Waals surface area (Å²) in [5.74, 6) is 0.155. The lowest BCUT2D eigenvalue weighted by Gasteiger charge is -2.43. The number of rotatable bonds is 0. The van der Waals surface area contributed by atoms with Crippen LogP contribution < -0.4 is 15.3 Å². The second kappa shape index (κ2) is 5.14. The van der Waals surface area contributed by atoms with Gasteiger partial charge in [0.25, 0.3) is 0 Å². The molecule has 4 heterocycles. The predicted molar refractivity (Wildman–Crippen MR) is 88.2 cm³/mol. The molecule has 1 saturated heterocycles. The van der Waals surface area contributed by atoms with Gasteiger partial charge in [-0.2, -0.15) is 4.98 Å². The molecule has 0 amide bonds. The lowest BCUT2D eigenvalue weighted by atomic mass is 10.1. The van der Waals surface area contributed by atoms with E-state index in [9.17, 15) is 9.18 Å². The van der Waals surface area contributed by atoms with Gasteiger partial charge >= 0.3 is 5.69 Å². The van der Waals surface area contributed by atoms with Crippen LogP contribution in [0.25, 0.3) is 11.0 Å². The molecular formula is C16H20FN5O2. The Morgan fingerprint density at radius 2 is 2.00 bits per heavy atom. The maximum Gasteiger partial charge on any atom is 0.350 e. The highest BCUT2D eigenvalue weighted by atomic mass is 19.1. The number of pyridine rings is 1. The zero-order valence-corrected chi connectivity index (χ0v) is 14.2. The maximum absolute atomic E-state index is 14.7. The fourth-order valence-corrected chi connectivity index (χ4v) is 3.50. The Labute approximate surface area is 138 Å². The minimum Gasteiger partial charge on any atom is -0.487 e. The molecule has 2 aliphatic rings. The second-order valence-electron chi connectivity index (χ2n) is 6.72. The third-order valence-electron chi connectivity index (χ3n) is 5.12. The van der Waals surface area contributed by atoms with E-state index in [1.165, 1.54) is 4.57 Å². The molecular weight excluding hydrogens is 313 g/mol. The van der Waals surface area contributed by atoms with E-state index in [0.717, 1.165) is 6.54 Å². The SMILES string of the molecule is Cc1nc2c3c(nc(=O)n2C)N2CC(C)N(C)CC2COc3c1F. The minimum atomic E-state index is -0.481. The fraction of sp³-hybridized carbons (Fsp3) is 0.562. The summed E-state index contributed by atoms with van der Waals surface area (Å²) < 4.78 is 21.8. The van der Waals surface area contributed by atoms with Gasteiger partial charge in [0, 0.05) is 26.2 Å². The van der Waals surface area contributed by atoms with Crippen molar-refractivity contribution in [2.24, 2.45) is 7.05 Å². The molecule has 2 aliphatic heterocycles. The summed E-state index contributed by atoms with van der Waals surface area (Å²) in [6.45, 7) is 5.51. The van der Waals surface area contributed by atoms with Gasteiger partial charge in [-0.05, 0) is 20.9 Å². The number of piperazine rings is 1. The molecule has 0 spiro atoms. The zero-order valence-electron chi connectivity index (χ0n) is 14.2. The Kier molecular flexibility index (Phi) is 3.28. The van der Waals surface area contributed by atoms with Crippen molar-refractivity contribution in [2.45, 2.75) is 25.9 Å². The van der Waals surface area contributed by atoms with Crippen LogP contribution in [0.1, 0.15) is 12.6 Å². The first kappa shape index (κ1) is 15.3. The molecule has 0 aromatic carbocycles. The van der Waals surface area contributed by atoms with Crippen LogP contribution in [-0.4, -0.2) is 58.3 Å². The number of aromatic nitrogens is 3. The number of hydrogen-bond acceptors (Lipinski definition) is 6. The van der Waals surface area contributed by atoms with Gasteiger partial charge in [-0.3, -0.25) is 9.47 Å². The largest absolute Gasteiger partial charge is 0.487 e. The van der Waals surface area contributed by atoms with Crippen molar-refractivity contribution in [3.05, 3.63) is 22.0 Å². The van der Waals surface area contributed by atoms with Crippen LogP contribution in [0.3, 0.4) is 0 Å². The first-order valence-corrected chi connectivity index (χ1v) is 8.05. The van der Waals surface area contributed by atoms with Crippen molar-refractivity contribution in [1.82, 2.24) is 19.4 Å².